The Morgan fingerprint density at radius 1 is 1.12 bits per heavy atom. The lowest BCUT2D eigenvalue weighted by Gasteiger charge is -2.40. The first-order chi connectivity index (χ1) is 15.9. The van der Waals surface area contributed by atoms with Gasteiger partial charge in [-0.25, -0.2) is 14.0 Å². The van der Waals surface area contributed by atoms with Crippen LogP contribution in [0.1, 0.15) is 31.1 Å². The standard InChI is InChI=1S/C24H27ClFN3O5/c1-24(2,3)34-23(32)28-9-10-29(20(13-28)22(31)33-4)21(30)17-11-14(5-8-19(17)27)16-7-6-15(25)12-18(16)26/h5-8,11-12,20H,9-10,13,27H2,1-4H3. The maximum Gasteiger partial charge on any atom is 0.410 e. The molecule has 10 heteroatoms. The number of carbonyl (C=O) groups is 3. The van der Waals surface area contributed by atoms with Crippen LogP contribution in [0.3, 0.4) is 0 Å². The third-order valence-electron chi connectivity index (χ3n) is 5.29. The van der Waals surface area contributed by atoms with E-state index in [2.05, 4.69) is 0 Å². The number of hydrogen-bond acceptors (Lipinski definition) is 6. The van der Waals surface area contributed by atoms with Gasteiger partial charge in [-0.2, -0.15) is 0 Å². The van der Waals surface area contributed by atoms with Gasteiger partial charge in [0.15, 0.2) is 0 Å². The van der Waals surface area contributed by atoms with Crippen molar-refractivity contribution in [2.24, 2.45) is 0 Å². The molecule has 3 rings (SSSR count). The Labute approximate surface area is 202 Å². The van der Waals surface area contributed by atoms with Gasteiger partial charge in [0.05, 0.1) is 19.2 Å². The van der Waals surface area contributed by atoms with Crippen molar-refractivity contribution in [3.05, 3.63) is 52.8 Å². The number of anilines is 1. The van der Waals surface area contributed by atoms with E-state index in [-0.39, 0.29) is 41.5 Å². The fourth-order valence-corrected chi connectivity index (χ4v) is 3.80. The zero-order chi connectivity index (χ0) is 25.2. The molecule has 2 N–H and O–H groups in total. The second kappa shape index (κ2) is 9.89. The third-order valence-corrected chi connectivity index (χ3v) is 5.53. The molecule has 0 radical (unpaired) electrons. The Morgan fingerprint density at radius 2 is 1.82 bits per heavy atom. The van der Waals surface area contributed by atoms with Crippen LogP contribution >= 0.6 is 11.6 Å². The van der Waals surface area contributed by atoms with Crippen molar-refractivity contribution in [2.75, 3.05) is 32.5 Å². The third kappa shape index (κ3) is 5.59. The highest BCUT2D eigenvalue weighted by atomic mass is 35.5. The number of hydrogen-bond donors (Lipinski definition) is 1. The van der Waals surface area contributed by atoms with Gasteiger partial charge in [0.1, 0.15) is 17.5 Å². The highest BCUT2D eigenvalue weighted by Crippen LogP contribution is 2.29. The van der Waals surface area contributed by atoms with Crippen LogP contribution in [-0.4, -0.2) is 66.2 Å². The minimum Gasteiger partial charge on any atom is -0.467 e. The zero-order valence-electron chi connectivity index (χ0n) is 19.4. The van der Waals surface area contributed by atoms with Gasteiger partial charge in [0.25, 0.3) is 5.91 Å². The lowest BCUT2D eigenvalue weighted by atomic mass is 10.00. The Morgan fingerprint density at radius 3 is 2.44 bits per heavy atom. The summed E-state index contributed by atoms with van der Waals surface area (Å²) in [5, 5.41) is 0.247. The number of nitrogen functional groups attached to an aromatic ring is 1. The molecule has 0 aliphatic carbocycles. The van der Waals surface area contributed by atoms with Crippen LogP contribution in [0.2, 0.25) is 5.02 Å². The van der Waals surface area contributed by atoms with Crippen molar-refractivity contribution < 1.29 is 28.2 Å². The number of esters is 1. The minimum absolute atomic E-state index is 0.0524. The number of nitrogens with two attached hydrogens (primary N) is 1. The van der Waals surface area contributed by atoms with Gasteiger partial charge < -0.3 is 25.0 Å². The van der Waals surface area contributed by atoms with Gasteiger partial charge in [0, 0.05) is 29.4 Å². The molecule has 1 aliphatic heterocycles. The second-order valence-electron chi connectivity index (χ2n) is 8.89. The Hall–Kier alpha value is -3.33. The maximum atomic E-state index is 14.5. The number of carbonyl (C=O) groups excluding carboxylic acids is 3. The topological polar surface area (TPSA) is 102 Å². The number of rotatable bonds is 3. The molecule has 1 heterocycles. The molecule has 1 fully saturated rings. The Bertz CT molecular complexity index is 1120. The van der Waals surface area contributed by atoms with Crippen molar-refractivity contribution in [3.63, 3.8) is 0 Å². The average molecular weight is 492 g/mol. The van der Waals surface area contributed by atoms with E-state index < -0.39 is 35.4 Å². The summed E-state index contributed by atoms with van der Waals surface area (Å²) in [5.74, 6) is -1.76. The molecule has 1 atom stereocenters. The predicted octanol–water partition coefficient (Wildman–Crippen LogP) is 3.96. The molecule has 34 heavy (non-hydrogen) atoms. The summed E-state index contributed by atoms with van der Waals surface area (Å²) in [4.78, 5) is 41.2. The van der Waals surface area contributed by atoms with Crippen LogP contribution in [0, 0.1) is 5.82 Å². The van der Waals surface area contributed by atoms with Gasteiger partial charge in [0.2, 0.25) is 0 Å². The molecular formula is C24H27ClFN3O5. The summed E-state index contributed by atoms with van der Waals surface area (Å²) < 4.78 is 24.7. The number of methoxy groups -OCH3 is 1. The number of nitrogens with zero attached hydrogens (tertiary/aromatic N) is 2. The Kier molecular flexibility index (Phi) is 7.35. The van der Waals surface area contributed by atoms with Gasteiger partial charge in [-0.15, -0.1) is 0 Å². The zero-order valence-corrected chi connectivity index (χ0v) is 20.2. The highest BCUT2D eigenvalue weighted by molar-refractivity contribution is 6.30. The van der Waals surface area contributed by atoms with E-state index >= 15 is 0 Å². The van der Waals surface area contributed by atoms with Crippen molar-refractivity contribution >= 4 is 35.3 Å². The van der Waals surface area contributed by atoms with E-state index in [1.807, 2.05) is 0 Å². The summed E-state index contributed by atoms with van der Waals surface area (Å²) in [5.41, 5.74) is 6.31. The molecule has 182 valence electrons. The first-order valence-corrected chi connectivity index (χ1v) is 11.0. The van der Waals surface area contributed by atoms with Gasteiger partial charge in [-0.3, -0.25) is 4.79 Å². The summed E-state index contributed by atoms with van der Waals surface area (Å²) in [6.07, 6.45) is -0.590. The monoisotopic (exact) mass is 491 g/mol. The lowest BCUT2D eigenvalue weighted by Crippen LogP contribution is -2.60. The van der Waals surface area contributed by atoms with Crippen LogP contribution < -0.4 is 5.73 Å². The number of piperazine rings is 1. The summed E-state index contributed by atoms with van der Waals surface area (Å²) in [6, 6.07) is 7.73. The largest absolute Gasteiger partial charge is 0.467 e. The van der Waals surface area contributed by atoms with Crippen LogP contribution in [0.25, 0.3) is 11.1 Å². The molecule has 8 nitrogen and oxygen atoms in total. The average Bonchev–Trinajstić information content (AvgIpc) is 2.77. The van der Waals surface area contributed by atoms with Crippen molar-refractivity contribution in [1.82, 2.24) is 9.80 Å². The molecule has 0 bridgehead atoms. The van der Waals surface area contributed by atoms with E-state index in [1.165, 1.54) is 41.2 Å². The molecule has 1 unspecified atom stereocenters. The Balaban J connectivity index is 1.90. The van der Waals surface area contributed by atoms with Crippen molar-refractivity contribution in [2.45, 2.75) is 32.4 Å². The number of amides is 2. The first-order valence-electron chi connectivity index (χ1n) is 10.6. The lowest BCUT2D eigenvalue weighted by molar-refractivity contribution is -0.147. The van der Waals surface area contributed by atoms with Crippen LogP contribution in [0.5, 0.6) is 0 Å². The van der Waals surface area contributed by atoms with E-state index in [4.69, 9.17) is 26.8 Å². The summed E-state index contributed by atoms with van der Waals surface area (Å²) in [6.45, 7) is 5.32. The molecule has 2 amide bonds. The van der Waals surface area contributed by atoms with Crippen LogP contribution in [0.15, 0.2) is 36.4 Å². The molecule has 2 aromatic rings. The fourth-order valence-electron chi connectivity index (χ4n) is 3.64. The number of benzene rings is 2. The van der Waals surface area contributed by atoms with E-state index in [0.717, 1.165) is 0 Å². The molecule has 0 aromatic heterocycles. The normalized spacial score (nSPS) is 16.2. The maximum absolute atomic E-state index is 14.5. The smallest absolute Gasteiger partial charge is 0.410 e. The second-order valence-corrected chi connectivity index (χ2v) is 9.33. The van der Waals surface area contributed by atoms with E-state index in [1.54, 1.807) is 32.9 Å². The van der Waals surface area contributed by atoms with E-state index in [0.29, 0.717) is 5.56 Å². The first kappa shape index (κ1) is 25.3. The number of ether oxygens (including phenoxy) is 2. The fraction of sp³-hybridized carbons (Fsp3) is 0.375. The van der Waals surface area contributed by atoms with Crippen molar-refractivity contribution in [3.8, 4) is 11.1 Å². The van der Waals surface area contributed by atoms with Crippen molar-refractivity contribution in [1.29, 1.82) is 0 Å². The number of halogens is 2. The molecule has 0 saturated carbocycles. The molecular weight excluding hydrogens is 465 g/mol. The summed E-state index contributed by atoms with van der Waals surface area (Å²) in [7, 11) is 1.20. The van der Waals surface area contributed by atoms with Crippen LogP contribution in [0.4, 0.5) is 14.9 Å². The molecule has 1 aliphatic rings. The van der Waals surface area contributed by atoms with Gasteiger partial charge in [-0.1, -0.05) is 17.7 Å². The minimum atomic E-state index is -1.06. The predicted molar refractivity (Wildman–Crippen MR) is 126 cm³/mol. The molecule has 0 spiro atoms. The van der Waals surface area contributed by atoms with E-state index in [9.17, 15) is 18.8 Å². The van der Waals surface area contributed by atoms with Gasteiger partial charge in [-0.05, 0) is 56.7 Å². The molecule has 1 saturated heterocycles. The summed E-state index contributed by atoms with van der Waals surface area (Å²) >= 11 is 5.84. The quantitative estimate of drug-likeness (QED) is 0.515. The highest BCUT2D eigenvalue weighted by Gasteiger charge is 2.39. The van der Waals surface area contributed by atoms with Crippen LogP contribution in [-0.2, 0) is 14.3 Å². The molecule has 2 aromatic carbocycles. The SMILES string of the molecule is COC(=O)C1CN(C(=O)OC(C)(C)C)CCN1C(=O)c1cc(-c2ccc(Cl)cc2F)ccc1N. The van der Waals surface area contributed by atoms with Gasteiger partial charge >= 0.3 is 12.1 Å².